The van der Waals surface area contributed by atoms with Gasteiger partial charge in [0.05, 0.1) is 0 Å². The molecular weight excluding hydrogens is 132 g/mol. The van der Waals surface area contributed by atoms with E-state index in [-0.39, 0.29) is 6.17 Å². The summed E-state index contributed by atoms with van der Waals surface area (Å²) in [6.07, 6.45) is 1.26. The minimum absolute atomic E-state index is 0.155. The molecule has 0 bridgehead atoms. The topological polar surface area (TPSA) is 87.2 Å². The van der Waals surface area contributed by atoms with Crippen LogP contribution in [-0.4, -0.2) is 24.1 Å². The minimum atomic E-state index is -0.155. The van der Waals surface area contributed by atoms with Crippen molar-refractivity contribution in [3.63, 3.8) is 0 Å². The summed E-state index contributed by atoms with van der Waals surface area (Å²) < 4.78 is 0. The molecule has 6 heteroatoms. The van der Waals surface area contributed by atoms with Gasteiger partial charge in [-0.05, 0) is 0 Å². The Labute approximate surface area is 56.9 Å². The van der Waals surface area contributed by atoms with Crippen molar-refractivity contribution in [2.24, 2.45) is 20.8 Å². The summed E-state index contributed by atoms with van der Waals surface area (Å²) >= 11 is 0. The second-order valence-electron chi connectivity index (χ2n) is 1.93. The predicted molar refractivity (Wildman–Crippen MR) is 37.6 cm³/mol. The monoisotopic (exact) mass is 138 g/mol. The molecule has 0 saturated heterocycles. The molecule has 2 aliphatic heterocycles. The van der Waals surface area contributed by atoms with Crippen LogP contribution in [0.25, 0.3) is 0 Å². The lowest BCUT2D eigenvalue weighted by molar-refractivity contribution is 0.573. The smallest absolute Gasteiger partial charge is 0.167 e. The van der Waals surface area contributed by atoms with Gasteiger partial charge in [0.2, 0.25) is 0 Å². The van der Waals surface area contributed by atoms with Crippen LogP contribution in [0.2, 0.25) is 0 Å². The molecule has 4 N–H and O–H groups in total. The van der Waals surface area contributed by atoms with Crippen LogP contribution >= 0.6 is 0 Å². The van der Waals surface area contributed by atoms with Gasteiger partial charge in [-0.1, -0.05) is 0 Å². The summed E-state index contributed by atoms with van der Waals surface area (Å²) in [5.41, 5.74) is 11.5. The summed E-state index contributed by atoms with van der Waals surface area (Å²) in [4.78, 5) is 7.71. The second kappa shape index (κ2) is 1.77. The normalized spacial score (nSPS) is 28.6. The van der Waals surface area contributed by atoms with E-state index in [4.69, 9.17) is 5.73 Å². The molecule has 0 aliphatic carbocycles. The van der Waals surface area contributed by atoms with Crippen LogP contribution in [0.15, 0.2) is 15.1 Å². The van der Waals surface area contributed by atoms with E-state index in [1.54, 1.807) is 0 Å². The summed E-state index contributed by atoms with van der Waals surface area (Å²) in [7, 11) is 0. The van der Waals surface area contributed by atoms with Gasteiger partial charge >= 0.3 is 0 Å². The number of rotatable bonds is 0. The van der Waals surface area contributed by atoms with Crippen molar-refractivity contribution in [1.82, 2.24) is 11.0 Å². The summed E-state index contributed by atoms with van der Waals surface area (Å²) in [6, 6.07) is 0. The third-order valence-electron chi connectivity index (χ3n) is 1.31. The molecule has 0 fully saturated rings. The summed E-state index contributed by atoms with van der Waals surface area (Å²) in [5, 5.41) is 3.82. The molecule has 1 atom stereocenters. The highest BCUT2D eigenvalue weighted by molar-refractivity contribution is 6.44. The minimum Gasteiger partial charge on any atom is -0.382 e. The van der Waals surface area contributed by atoms with Gasteiger partial charge in [-0.2, -0.15) is 10.5 Å². The number of nitrogens with one attached hydrogen (secondary N) is 2. The standard InChI is InChI=1S/C4H6N6/c5-3-2-4(7-1-6-3)9-10-8-2/h1,4,9-10H,(H2,5,6,7). The first kappa shape index (κ1) is 5.36. The van der Waals surface area contributed by atoms with Gasteiger partial charge in [-0.25, -0.2) is 15.5 Å². The predicted octanol–water partition coefficient (Wildman–Crippen LogP) is -1.82. The van der Waals surface area contributed by atoms with Crippen LogP contribution < -0.4 is 16.7 Å². The third kappa shape index (κ3) is 0.591. The van der Waals surface area contributed by atoms with Gasteiger partial charge in [0.1, 0.15) is 12.1 Å². The van der Waals surface area contributed by atoms with Crippen molar-refractivity contribution >= 4 is 17.9 Å². The number of hydrogen-bond acceptors (Lipinski definition) is 6. The van der Waals surface area contributed by atoms with Crippen molar-refractivity contribution in [3.8, 4) is 0 Å². The van der Waals surface area contributed by atoms with Crippen molar-refractivity contribution in [3.05, 3.63) is 0 Å². The molecule has 0 spiro atoms. The van der Waals surface area contributed by atoms with Crippen molar-refractivity contribution in [2.45, 2.75) is 6.17 Å². The SMILES string of the molecule is NC1=NC=NC2NNN=C12. The van der Waals surface area contributed by atoms with E-state index in [2.05, 4.69) is 26.0 Å². The quantitative estimate of drug-likeness (QED) is 0.368. The van der Waals surface area contributed by atoms with Gasteiger partial charge in [0, 0.05) is 0 Å². The average molecular weight is 138 g/mol. The van der Waals surface area contributed by atoms with Crippen molar-refractivity contribution in [2.75, 3.05) is 0 Å². The van der Waals surface area contributed by atoms with Crippen LogP contribution in [-0.2, 0) is 0 Å². The molecule has 1 unspecified atom stereocenters. The number of amidine groups is 1. The van der Waals surface area contributed by atoms with Crippen molar-refractivity contribution in [1.29, 1.82) is 0 Å². The van der Waals surface area contributed by atoms with Gasteiger partial charge in [-0.3, -0.25) is 0 Å². The van der Waals surface area contributed by atoms with E-state index in [0.29, 0.717) is 11.5 Å². The van der Waals surface area contributed by atoms with E-state index in [0.717, 1.165) is 0 Å². The Hall–Kier alpha value is -1.43. The Kier molecular flexibility index (Phi) is 0.952. The van der Waals surface area contributed by atoms with E-state index in [1.165, 1.54) is 6.34 Å². The zero-order valence-electron chi connectivity index (χ0n) is 5.07. The van der Waals surface area contributed by atoms with E-state index >= 15 is 0 Å². The van der Waals surface area contributed by atoms with Crippen LogP contribution in [0.3, 0.4) is 0 Å². The Morgan fingerprint density at radius 1 is 1.60 bits per heavy atom. The van der Waals surface area contributed by atoms with E-state index < -0.39 is 0 Å². The van der Waals surface area contributed by atoms with Gasteiger partial charge in [0.25, 0.3) is 0 Å². The largest absolute Gasteiger partial charge is 0.382 e. The lowest BCUT2D eigenvalue weighted by Crippen LogP contribution is -2.40. The molecule has 52 valence electrons. The fourth-order valence-electron chi connectivity index (χ4n) is 0.817. The Morgan fingerprint density at radius 2 is 2.50 bits per heavy atom. The van der Waals surface area contributed by atoms with Gasteiger partial charge < -0.3 is 5.73 Å². The number of hydrogen-bond donors (Lipinski definition) is 3. The molecule has 0 saturated carbocycles. The molecule has 2 heterocycles. The van der Waals surface area contributed by atoms with Crippen LogP contribution in [0.1, 0.15) is 0 Å². The first-order valence-corrected chi connectivity index (χ1v) is 2.81. The third-order valence-corrected chi connectivity index (χ3v) is 1.31. The lowest BCUT2D eigenvalue weighted by Gasteiger charge is -2.08. The maximum absolute atomic E-state index is 5.47. The molecule has 10 heavy (non-hydrogen) atoms. The number of nitrogens with zero attached hydrogens (tertiary/aromatic N) is 3. The maximum atomic E-state index is 5.47. The van der Waals surface area contributed by atoms with Gasteiger partial charge in [0.15, 0.2) is 12.0 Å². The molecule has 2 rings (SSSR count). The Balaban J connectivity index is 2.38. The molecule has 0 radical (unpaired) electrons. The molecule has 0 aromatic heterocycles. The van der Waals surface area contributed by atoms with E-state index in [1.807, 2.05) is 0 Å². The summed E-state index contributed by atoms with van der Waals surface area (Å²) in [5.74, 6) is 0.414. The van der Waals surface area contributed by atoms with Crippen LogP contribution in [0, 0.1) is 0 Å². The highest BCUT2D eigenvalue weighted by Crippen LogP contribution is 1.99. The van der Waals surface area contributed by atoms with Crippen LogP contribution in [0.4, 0.5) is 0 Å². The first-order chi connectivity index (χ1) is 4.88. The highest BCUT2D eigenvalue weighted by Gasteiger charge is 2.24. The molecule has 0 amide bonds. The van der Waals surface area contributed by atoms with E-state index in [9.17, 15) is 0 Å². The second-order valence-corrected chi connectivity index (χ2v) is 1.93. The highest BCUT2D eigenvalue weighted by atomic mass is 15.6. The number of fused-ring (bicyclic) bond motifs is 1. The molecule has 0 aromatic rings. The molecule has 2 aliphatic rings. The zero-order valence-corrected chi connectivity index (χ0v) is 5.07. The molecule has 0 aromatic carbocycles. The summed E-state index contributed by atoms with van der Waals surface area (Å²) in [6.45, 7) is 0. The number of nitrogens with two attached hydrogens (primary N) is 1. The molecule has 6 nitrogen and oxygen atoms in total. The molecular formula is C4H6N6. The van der Waals surface area contributed by atoms with Crippen LogP contribution in [0.5, 0.6) is 0 Å². The first-order valence-electron chi connectivity index (χ1n) is 2.81. The fraction of sp³-hybridized carbons (Fsp3) is 0.250. The zero-order chi connectivity index (χ0) is 6.97. The lowest BCUT2D eigenvalue weighted by atomic mass is 10.3. The number of hydrazine groups is 1. The number of aliphatic imine (C=N–C) groups is 2. The van der Waals surface area contributed by atoms with Gasteiger partial charge in [-0.15, -0.1) is 0 Å². The fourth-order valence-corrected chi connectivity index (χ4v) is 0.817. The average Bonchev–Trinajstić information content (AvgIpc) is 2.36. The number of hydrazone groups is 1. The Morgan fingerprint density at radius 3 is 3.30 bits per heavy atom. The Bertz CT molecular complexity index is 238. The maximum Gasteiger partial charge on any atom is 0.167 e. The van der Waals surface area contributed by atoms with Crippen molar-refractivity contribution < 1.29 is 0 Å².